The van der Waals surface area contributed by atoms with Crippen LogP contribution >= 0.6 is 17.0 Å². The minimum absolute atomic E-state index is 0.826. The van der Waals surface area contributed by atoms with Gasteiger partial charge in [-0.2, -0.15) is 12.1 Å². The summed E-state index contributed by atoms with van der Waals surface area (Å²) in [5.41, 5.74) is 19.0. The third-order valence-electron chi connectivity index (χ3n) is 13.8. The molecule has 66 heavy (non-hydrogen) atoms. The summed E-state index contributed by atoms with van der Waals surface area (Å²) >= 11 is -0.826. The van der Waals surface area contributed by atoms with Crippen molar-refractivity contribution in [3.8, 4) is 44.5 Å². The molecule has 0 heterocycles. The van der Waals surface area contributed by atoms with E-state index in [1.54, 1.807) is 0 Å². The normalized spacial score (nSPS) is 14.1. The van der Waals surface area contributed by atoms with E-state index < -0.39 is 20.8 Å². The molecule has 0 nitrogen and oxygen atoms in total. The SMILES string of the molecule is C[Si]C.Cc1ccc(-c2ccc(-c3ccc(C)cc3)c3[cH-]c(CC4CCCCC4)cc23)cc1.Cc1ccc(-c2ccc(-c3ccc(C)cc3)c3[cH-]c(CC4CCCCC4)cc23)cc1.[Cl][Zr+2][Cl]. The van der Waals surface area contributed by atoms with Crippen molar-refractivity contribution in [3.05, 3.63) is 179 Å². The Morgan fingerprint density at radius 1 is 0.424 bits per heavy atom. The van der Waals surface area contributed by atoms with Gasteiger partial charge in [-0.3, -0.25) is 0 Å². The molecule has 2 radical (unpaired) electrons. The van der Waals surface area contributed by atoms with Gasteiger partial charge < -0.3 is 0 Å². The predicted molar refractivity (Wildman–Crippen MR) is 290 cm³/mol. The number of halogens is 2. The molecule has 2 aliphatic rings. The van der Waals surface area contributed by atoms with Crippen LogP contribution in [0.3, 0.4) is 0 Å². The molecular formula is C62H68Cl2SiZr. The van der Waals surface area contributed by atoms with Crippen molar-refractivity contribution in [2.24, 2.45) is 11.8 Å². The van der Waals surface area contributed by atoms with Gasteiger partial charge in [0.05, 0.1) is 0 Å². The Morgan fingerprint density at radius 2 is 0.682 bits per heavy atom. The zero-order valence-electron chi connectivity index (χ0n) is 40.3. The van der Waals surface area contributed by atoms with E-state index in [1.807, 2.05) is 0 Å². The van der Waals surface area contributed by atoms with E-state index in [1.165, 1.54) is 176 Å². The van der Waals surface area contributed by atoms with Gasteiger partial charge >= 0.3 is 37.9 Å². The molecule has 0 aromatic heterocycles. The molecule has 4 heteroatoms. The predicted octanol–water partition coefficient (Wildman–Crippen LogP) is 19.4. The molecule has 2 aliphatic carbocycles. The fourth-order valence-corrected chi connectivity index (χ4v) is 10.3. The first kappa shape index (κ1) is 50.1. The molecule has 338 valence electrons. The fraction of sp³-hybridized carbons (Fsp3) is 0.323. The molecule has 0 saturated heterocycles. The second kappa shape index (κ2) is 25.0. The van der Waals surface area contributed by atoms with Crippen LogP contribution in [0.4, 0.5) is 0 Å². The van der Waals surface area contributed by atoms with Crippen LogP contribution in [0.25, 0.3) is 66.1 Å². The summed E-state index contributed by atoms with van der Waals surface area (Å²) in [5, 5.41) is 5.62. The number of fused-ring (bicyclic) bond motifs is 2. The monoisotopic (exact) mass is 1000 g/mol. The molecule has 2 fully saturated rings. The van der Waals surface area contributed by atoms with Gasteiger partial charge in [0.15, 0.2) is 0 Å². The summed E-state index contributed by atoms with van der Waals surface area (Å²) < 4.78 is 0. The standard InChI is InChI=1S/2C30H31.C2H6Si.2ClH.Zr/c2*1-21-8-12-25(13-9-21)27-16-17-28(26-14-10-22(2)11-15-26)30-20-24(19-29(27)30)18-23-6-4-3-5-7-23;1-3-2;;;/h2*8-17,19-20,23H,3-7,18H2,1-2H3;1-2H3;2*1H;/q2*-1;;;;+4/p-2. The zero-order chi connectivity index (χ0) is 46.4. The number of rotatable bonds is 8. The molecule has 0 aliphatic heterocycles. The molecule has 0 atom stereocenters. The number of hydrogen-bond donors (Lipinski definition) is 0. The molecule has 0 unspecified atom stereocenters. The van der Waals surface area contributed by atoms with Crippen molar-refractivity contribution < 1.29 is 20.8 Å². The average molecular weight is 1000 g/mol. The molecule has 0 bridgehead atoms. The Kier molecular flexibility index (Phi) is 19.0. The first-order valence-electron chi connectivity index (χ1n) is 24.5. The summed E-state index contributed by atoms with van der Waals surface area (Å²) in [7, 11) is 11.0. The summed E-state index contributed by atoms with van der Waals surface area (Å²) in [6, 6.07) is 55.2. The van der Waals surface area contributed by atoms with E-state index in [-0.39, 0.29) is 0 Å². The first-order valence-corrected chi connectivity index (χ1v) is 32.8. The Morgan fingerprint density at radius 3 is 0.970 bits per heavy atom. The summed E-state index contributed by atoms with van der Waals surface area (Å²) in [4.78, 5) is 0. The quantitative estimate of drug-likeness (QED) is 0.105. The van der Waals surface area contributed by atoms with Gasteiger partial charge in [-0.1, -0.05) is 254 Å². The number of aryl methyl sites for hydroxylation is 4. The topological polar surface area (TPSA) is 0 Å². The van der Waals surface area contributed by atoms with Crippen molar-refractivity contribution in [2.45, 2.75) is 118 Å². The Balaban J connectivity index is 0.000000176. The average Bonchev–Trinajstić information content (AvgIpc) is 3.96. The minimum atomic E-state index is -0.826. The van der Waals surface area contributed by atoms with E-state index in [2.05, 4.69) is 186 Å². The summed E-state index contributed by atoms with van der Waals surface area (Å²) in [5.74, 6) is 1.72. The van der Waals surface area contributed by atoms with Crippen LogP contribution in [0.5, 0.6) is 0 Å². The molecule has 8 aromatic rings. The van der Waals surface area contributed by atoms with Crippen LogP contribution in [0.15, 0.2) is 146 Å². The van der Waals surface area contributed by atoms with Crippen molar-refractivity contribution in [2.75, 3.05) is 0 Å². The van der Waals surface area contributed by atoms with Gasteiger partial charge in [0.25, 0.3) is 0 Å². The van der Waals surface area contributed by atoms with Gasteiger partial charge in [0.2, 0.25) is 0 Å². The summed E-state index contributed by atoms with van der Waals surface area (Å²) in [6.45, 7) is 12.9. The van der Waals surface area contributed by atoms with E-state index in [0.717, 1.165) is 21.4 Å². The third-order valence-corrected chi connectivity index (χ3v) is 13.8. The van der Waals surface area contributed by atoms with Crippen molar-refractivity contribution in [3.63, 3.8) is 0 Å². The van der Waals surface area contributed by atoms with Crippen molar-refractivity contribution in [1.82, 2.24) is 0 Å². The maximum atomic E-state index is 4.93. The van der Waals surface area contributed by atoms with Crippen molar-refractivity contribution in [1.29, 1.82) is 0 Å². The number of benzene rings is 6. The third kappa shape index (κ3) is 13.3. The molecular weight excluding hydrogens is 935 g/mol. The van der Waals surface area contributed by atoms with Crippen LogP contribution in [0.2, 0.25) is 13.1 Å². The van der Waals surface area contributed by atoms with Crippen molar-refractivity contribution >= 4 is 48.1 Å². The van der Waals surface area contributed by atoms with Gasteiger partial charge in [-0.25, -0.2) is 0 Å². The molecule has 0 amide bonds. The second-order valence-corrected chi connectivity index (χ2v) is 23.9. The molecule has 0 N–H and O–H groups in total. The Bertz CT molecular complexity index is 2350. The van der Waals surface area contributed by atoms with E-state index in [9.17, 15) is 0 Å². The van der Waals surface area contributed by atoms with Crippen LogP contribution < -0.4 is 0 Å². The van der Waals surface area contributed by atoms with E-state index >= 15 is 0 Å². The maximum absolute atomic E-state index is 4.93. The van der Waals surface area contributed by atoms with E-state index in [0.29, 0.717) is 0 Å². The van der Waals surface area contributed by atoms with E-state index in [4.69, 9.17) is 17.0 Å². The zero-order valence-corrected chi connectivity index (χ0v) is 45.2. The number of hydrogen-bond acceptors (Lipinski definition) is 0. The molecule has 0 spiro atoms. The van der Waals surface area contributed by atoms with Gasteiger partial charge in [0, 0.05) is 9.52 Å². The molecule has 10 rings (SSSR count). The second-order valence-electron chi connectivity index (χ2n) is 19.2. The van der Waals surface area contributed by atoms with Gasteiger partial charge in [-0.15, -0.1) is 44.8 Å². The summed E-state index contributed by atoms with van der Waals surface area (Å²) in [6.07, 6.45) is 16.6. The van der Waals surface area contributed by atoms with Crippen LogP contribution in [0.1, 0.15) is 97.6 Å². The van der Waals surface area contributed by atoms with Crippen LogP contribution in [0, 0.1) is 39.5 Å². The van der Waals surface area contributed by atoms with Gasteiger partial charge in [0.1, 0.15) is 0 Å². The molecule has 8 aromatic carbocycles. The van der Waals surface area contributed by atoms with Gasteiger partial charge in [-0.05, 0) is 63.5 Å². The van der Waals surface area contributed by atoms with Crippen LogP contribution in [-0.4, -0.2) is 9.52 Å². The Labute approximate surface area is 418 Å². The van der Waals surface area contributed by atoms with Crippen LogP contribution in [-0.2, 0) is 33.7 Å². The molecule has 2 saturated carbocycles. The Hall–Kier alpha value is -3.78. The first-order chi connectivity index (χ1) is 32.2. The fourth-order valence-electron chi connectivity index (χ4n) is 10.3.